The van der Waals surface area contributed by atoms with E-state index in [1.807, 2.05) is 6.92 Å². The minimum absolute atomic E-state index is 0.0467. The predicted molar refractivity (Wildman–Crippen MR) is 111 cm³/mol. The lowest BCUT2D eigenvalue weighted by Crippen LogP contribution is -2.32. The van der Waals surface area contributed by atoms with Crippen molar-refractivity contribution in [3.05, 3.63) is 65.2 Å². The summed E-state index contributed by atoms with van der Waals surface area (Å²) in [7, 11) is 3.09. The molecule has 0 bridgehead atoms. The number of ether oxygens (including phenoxy) is 3. The van der Waals surface area contributed by atoms with Gasteiger partial charge in [0.25, 0.3) is 11.7 Å². The van der Waals surface area contributed by atoms with Gasteiger partial charge in [0.1, 0.15) is 17.3 Å². The summed E-state index contributed by atoms with van der Waals surface area (Å²) >= 11 is 0. The summed E-state index contributed by atoms with van der Waals surface area (Å²) in [6.45, 7) is 2.89. The maximum absolute atomic E-state index is 12.9. The van der Waals surface area contributed by atoms with E-state index in [0.29, 0.717) is 29.2 Å². The molecule has 1 aliphatic heterocycles. The molecule has 0 radical (unpaired) electrons. The lowest BCUT2D eigenvalue weighted by Gasteiger charge is -2.25. The zero-order valence-electron chi connectivity index (χ0n) is 17.3. The molecule has 1 heterocycles. The van der Waals surface area contributed by atoms with Gasteiger partial charge in [0.05, 0.1) is 31.9 Å². The summed E-state index contributed by atoms with van der Waals surface area (Å²) in [5.41, 5.74) is 1.17. The minimum Gasteiger partial charge on any atom is -0.507 e. The van der Waals surface area contributed by atoms with Crippen LogP contribution in [0.25, 0.3) is 5.76 Å². The lowest BCUT2D eigenvalue weighted by molar-refractivity contribution is -0.140. The molecule has 2 aromatic carbocycles. The SMILES string of the molecule is CCOc1ccc(/C(O)=C2\C(=O)C(=O)N(CCOC)[C@@H]2c2ccc(OC)cc2)cc1. The highest BCUT2D eigenvalue weighted by molar-refractivity contribution is 6.46. The number of carbonyl (C=O) groups excluding carboxylic acids is 2. The topological polar surface area (TPSA) is 85.3 Å². The van der Waals surface area contributed by atoms with Crippen LogP contribution in [0.5, 0.6) is 11.5 Å². The van der Waals surface area contributed by atoms with Gasteiger partial charge in [-0.25, -0.2) is 0 Å². The monoisotopic (exact) mass is 411 g/mol. The number of hydrogen-bond donors (Lipinski definition) is 1. The summed E-state index contributed by atoms with van der Waals surface area (Å²) in [5.74, 6) is -0.309. The van der Waals surface area contributed by atoms with Gasteiger partial charge in [0, 0.05) is 19.2 Å². The molecule has 3 rings (SSSR count). The Kier molecular flexibility index (Phi) is 6.74. The fourth-order valence-corrected chi connectivity index (χ4v) is 3.46. The van der Waals surface area contributed by atoms with Crippen molar-refractivity contribution in [1.29, 1.82) is 0 Å². The number of carbonyl (C=O) groups is 2. The van der Waals surface area contributed by atoms with Crippen LogP contribution >= 0.6 is 0 Å². The molecule has 1 atom stereocenters. The van der Waals surface area contributed by atoms with E-state index in [4.69, 9.17) is 14.2 Å². The molecule has 158 valence electrons. The Balaban J connectivity index is 2.08. The quantitative estimate of drug-likeness (QED) is 0.408. The molecule has 7 nitrogen and oxygen atoms in total. The lowest BCUT2D eigenvalue weighted by atomic mass is 9.95. The average Bonchev–Trinajstić information content (AvgIpc) is 3.02. The Hall–Kier alpha value is -3.32. The van der Waals surface area contributed by atoms with Gasteiger partial charge < -0.3 is 24.2 Å². The van der Waals surface area contributed by atoms with E-state index in [1.54, 1.807) is 55.6 Å². The van der Waals surface area contributed by atoms with Gasteiger partial charge in [-0.05, 0) is 48.9 Å². The number of nitrogens with zero attached hydrogens (tertiary/aromatic N) is 1. The molecular weight excluding hydrogens is 386 g/mol. The summed E-state index contributed by atoms with van der Waals surface area (Å²) in [5, 5.41) is 11.0. The Bertz CT molecular complexity index is 933. The summed E-state index contributed by atoms with van der Waals surface area (Å²) < 4.78 is 15.7. The van der Waals surface area contributed by atoms with Crippen molar-refractivity contribution in [2.24, 2.45) is 0 Å². The molecule has 1 fully saturated rings. The molecule has 0 saturated carbocycles. The highest BCUT2D eigenvalue weighted by Crippen LogP contribution is 2.39. The van der Waals surface area contributed by atoms with Crippen molar-refractivity contribution in [3.8, 4) is 11.5 Å². The van der Waals surface area contributed by atoms with E-state index in [-0.39, 0.29) is 24.5 Å². The molecule has 30 heavy (non-hydrogen) atoms. The molecule has 7 heteroatoms. The number of ketones is 1. The van der Waals surface area contributed by atoms with Crippen molar-refractivity contribution >= 4 is 17.4 Å². The summed E-state index contributed by atoms with van der Waals surface area (Å²) in [4.78, 5) is 27.0. The Morgan fingerprint density at radius 3 is 2.20 bits per heavy atom. The largest absolute Gasteiger partial charge is 0.507 e. The van der Waals surface area contributed by atoms with Gasteiger partial charge in [-0.2, -0.15) is 0 Å². The second-order valence-corrected chi connectivity index (χ2v) is 6.72. The average molecular weight is 411 g/mol. The first-order valence-corrected chi connectivity index (χ1v) is 9.66. The minimum atomic E-state index is -0.724. The van der Waals surface area contributed by atoms with Gasteiger partial charge in [0.2, 0.25) is 0 Å². The van der Waals surface area contributed by atoms with Crippen molar-refractivity contribution in [2.75, 3.05) is 34.0 Å². The van der Waals surface area contributed by atoms with Crippen molar-refractivity contribution in [1.82, 2.24) is 4.90 Å². The molecule has 0 aliphatic carbocycles. The number of likely N-dealkylation sites (tertiary alicyclic amines) is 1. The van der Waals surface area contributed by atoms with E-state index in [0.717, 1.165) is 0 Å². The first-order chi connectivity index (χ1) is 14.5. The molecule has 0 unspecified atom stereocenters. The molecule has 1 aliphatic rings. The summed E-state index contributed by atoms with van der Waals surface area (Å²) in [6.07, 6.45) is 0. The normalized spacial score (nSPS) is 18.0. The maximum atomic E-state index is 12.9. The van der Waals surface area contributed by atoms with E-state index >= 15 is 0 Å². The first kappa shape index (κ1) is 21.4. The third-order valence-corrected chi connectivity index (χ3v) is 4.95. The maximum Gasteiger partial charge on any atom is 0.295 e. The fraction of sp³-hybridized carbons (Fsp3) is 0.304. The van der Waals surface area contributed by atoms with Crippen LogP contribution in [-0.2, 0) is 14.3 Å². The highest BCUT2D eigenvalue weighted by atomic mass is 16.5. The molecule has 0 spiro atoms. The van der Waals surface area contributed by atoms with Crippen molar-refractivity contribution in [2.45, 2.75) is 13.0 Å². The third kappa shape index (κ3) is 4.16. The smallest absolute Gasteiger partial charge is 0.295 e. The number of aliphatic hydroxyl groups excluding tert-OH is 1. The molecule has 2 aromatic rings. The molecule has 0 aromatic heterocycles. The number of amides is 1. The Morgan fingerprint density at radius 2 is 1.63 bits per heavy atom. The van der Waals surface area contributed by atoms with Crippen LogP contribution in [0, 0.1) is 0 Å². The van der Waals surface area contributed by atoms with E-state index in [9.17, 15) is 14.7 Å². The van der Waals surface area contributed by atoms with Crippen LogP contribution in [-0.4, -0.2) is 55.7 Å². The van der Waals surface area contributed by atoms with E-state index < -0.39 is 17.7 Å². The third-order valence-electron chi connectivity index (χ3n) is 4.95. The van der Waals surface area contributed by atoms with Gasteiger partial charge in [0.15, 0.2) is 0 Å². The second-order valence-electron chi connectivity index (χ2n) is 6.72. The summed E-state index contributed by atoms with van der Waals surface area (Å²) in [6, 6.07) is 13.1. The predicted octanol–water partition coefficient (Wildman–Crippen LogP) is 3.16. The van der Waals surface area contributed by atoms with Crippen LogP contribution in [0.1, 0.15) is 24.1 Å². The number of rotatable bonds is 8. The van der Waals surface area contributed by atoms with Crippen molar-refractivity contribution < 1.29 is 28.9 Å². The van der Waals surface area contributed by atoms with Crippen LogP contribution in [0.4, 0.5) is 0 Å². The number of benzene rings is 2. The standard InChI is InChI=1S/C23H25NO6/c1-4-30-18-11-7-16(8-12-18)21(25)19-20(15-5-9-17(29-3)10-6-15)24(13-14-28-2)23(27)22(19)26/h5-12,20,25H,4,13-14H2,1-3H3/b21-19+/t20-/m1/s1. The number of hydrogen-bond acceptors (Lipinski definition) is 6. The molecule has 1 amide bonds. The van der Waals surface area contributed by atoms with Crippen LogP contribution < -0.4 is 9.47 Å². The van der Waals surface area contributed by atoms with Gasteiger partial charge in [-0.1, -0.05) is 12.1 Å². The van der Waals surface area contributed by atoms with E-state index in [1.165, 1.54) is 12.0 Å². The zero-order chi connectivity index (χ0) is 21.7. The molecular formula is C23H25NO6. The molecule has 1 saturated heterocycles. The number of Topliss-reactive ketones (excluding diaryl/α,β-unsaturated/α-hetero) is 1. The van der Waals surface area contributed by atoms with E-state index in [2.05, 4.69) is 0 Å². The van der Waals surface area contributed by atoms with Crippen LogP contribution in [0.3, 0.4) is 0 Å². The van der Waals surface area contributed by atoms with Crippen LogP contribution in [0.2, 0.25) is 0 Å². The number of aliphatic hydroxyl groups is 1. The second kappa shape index (κ2) is 9.45. The Morgan fingerprint density at radius 1 is 1.00 bits per heavy atom. The first-order valence-electron chi connectivity index (χ1n) is 9.66. The van der Waals surface area contributed by atoms with Gasteiger partial charge in [-0.15, -0.1) is 0 Å². The fourth-order valence-electron chi connectivity index (χ4n) is 3.46. The highest BCUT2D eigenvalue weighted by Gasteiger charge is 2.45. The Labute approximate surface area is 175 Å². The molecule has 1 N–H and O–H groups in total. The number of methoxy groups -OCH3 is 2. The zero-order valence-corrected chi connectivity index (χ0v) is 17.3. The van der Waals surface area contributed by atoms with Gasteiger partial charge >= 0.3 is 0 Å². The van der Waals surface area contributed by atoms with Crippen molar-refractivity contribution in [3.63, 3.8) is 0 Å². The van der Waals surface area contributed by atoms with Gasteiger partial charge in [-0.3, -0.25) is 9.59 Å². The van der Waals surface area contributed by atoms with Crippen LogP contribution in [0.15, 0.2) is 54.1 Å².